The van der Waals surface area contributed by atoms with E-state index < -0.39 is 6.03 Å². The van der Waals surface area contributed by atoms with E-state index in [-0.39, 0.29) is 5.56 Å². The van der Waals surface area contributed by atoms with Gasteiger partial charge in [0.1, 0.15) is 11.6 Å². The molecule has 3 N–H and O–H groups in total. The highest BCUT2D eigenvalue weighted by atomic mass is 35.5. The van der Waals surface area contributed by atoms with Crippen LogP contribution in [0.2, 0.25) is 4.34 Å². The van der Waals surface area contributed by atoms with Gasteiger partial charge in [-0.15, -0.1) is 11.3 Å². The summed E-state index contributed by atoms with van der Waals surface area (Å²) in [4.78, 5) is 34.3. The standard InChI is InChI=1S/C21H17ClN6O2S2/c1-11-25-16-9-15-12(6-7-23-15)8-14(16)20(29)28(11)18-4-2-13(10-24-18)26-21(30)27-32-19-5-3-17(22)31-19/h2-5,8-10,23H,6-7H2,1H3,(H2,26,27,30). The van der Waals surface area contributed by atoms with Crippen molar-refractivity contribution in [3.05, 3.63) is 68.7 Å². The van der Waals surface area contributed by atoms with Crippen LogP contribution in [-0.2, 0) is 6.42 Å². The third kappa shape index (κ3) is 4.04. The Bertz CT molecular complexity index is 1400. The summed E-state index contributed by atoms with van der Waals surface area (Å²) in [7, 11) is 0. The highest BCUT2D eigenvalue weighted by Crippen LogP contribution is 2.29. The maximum atomic E-state index is 13.2. The van der Waals surface area contributed by atoms with Gasteiger partial charge in [-0.05, 0) is 67.3 Å². The lowest BCUT2D eigenvalue weighted by atomic mass is 10.1. The Kier molecular flexibility index (Phi) is 5.50. The normalized spacial score (nSPS) is 12.4. The van der Waals surface area contributed by atoms with Gasteiger partial charge in [0, 0.05) is 12.2 Å². The second-order valence-corrected chi connectivity index (χ2v) is 9.95. The summed E-state index contributed by atoms with van der Waals surface area (Å²) < 4.78 is 5.70. The van der Waals surface area contributed by atoms with Crippen molar-refractivity contribution in [1.29, 1.82) is 0 Å². The van der Waals surface area contributed by atoms with E-state index in [1.54, 1.807) is 25.1 Å². The van der Waals surface area contributed by atoms with E-state index in [0.29, 0.717) is 32.6 Å². The van der Waals surface area contributed by atoms with Crippen molar-refractivity contribution in [3.63, 3.8) is 0 Å². The van der Waals surface area contributed by atoms with Crippen LogP contribution in [0.1, 0.15) is 11.4 Å². The molecule has 0 bridgehead atoms. The van der Waals surface area contributed by atoms with E-state index in [4.69, 9.17) is 11.6 Å². The third-order valence-electron chi connectivity index (χ3n) is 5.00. The fraction of sp³-hybridized carbons (Fsp3) is 0.143. The van der Waals surface area contributed by atoms with E-state index in [1.807, 2.05) is 18.2 Å². The zero-order valence-electron chi connectivity index (χ0n) is 16.8. The van der Waals surface area contributed by atoms with E-state index in [1.165, 1.54) is 34.0 Å². The molecule has 162 valence electrons. The number of benzene rings is 1. The fourth-order valence-corrected chi connectivity index (χ4v) is 5.42. The predicted octanol–water partition coefficient (Wildman–Crippen LogP) is 4.60. The van der Waals surface area contributed by atoms with Crippen LogP contribution in [0.5, 0.6) is 0 Å². The molecule has 1 aliphatic heterocycles. The van der Waals surface area contributed by atoms with Gasteiger partial charge in [0.25, 0.3) is 5.56 Å². The molecule has 2 amide bonds. The number of rotatable bonds is 4. The Morgan fingerprint density at radius 3 is 2.91 bits per heavy atom. The van der Waals surface area contributed by atoms with Crippen LogP contribution < -0.4 is 20.9 Å². The molecule has 11 heteroatoms. The molecule has 0 radical (unpaired) electrons. The predicted molar refractivity (Wildman–Crippen MR) is 129 cm³/mol. The van der Waals surface area contributed by atoms with Gasteiger partial charge in [0.2, 0.25) is 0 Å². The number of urea groups is 1. The highest BCUT2D eigenvalue weighted by Gasteiger charge is 2.16. The Morgan fingerprint density at radius 2 is 2.16 bits per heavy atom. The summed E-state index contributed by atoms with van der Waals surface area (Å²) in [6.45, 7) is 2.64. The molecule has 0 spiro atoms. The fourth-order valence-electron chi connectivity index (χ4n) is 3.56. The molecule has 5 rings (SSSR count). The number of nitrogens with one attached hydrogen (secondary N) is 3. The average Bonchev–Trinajstić information content (AvgIpc) is 3.40. The van der Waals surface area contributed by atoms with Crippen LogP contribution in [-0.4, -0.2) is 27.1 Å². The number of aryl methyl sites for hydroxylation is 1. The number of carbonyl (C=O) groups is 1. The lowest BCUT2D eigenvalue weighted by Crippen LogP contribution is -2.24. The zero-order chi connectivity index (χ0) is 22.2. The van der Waals surface area contributed by atoms with Crippen LogP contribution in [0, 0.1) is 6.92 Å². The van der Waals surface area contributed by atoms with Gasteiger partial charge in [0.05, 0.1) is 31.3 Å². The Hall–Kier alpha value is -3.08. The summed E-state index contributed by atoms with van der Waals surface area (Å²) in [5.74, 6) is 0.978. The highest BCUT2D eigenvalue weighted by molar-refractivity contribution is 7.99. The number of halogens is 1. The topological polar surface area (TPSA) is 101 Å². The molecule has 32 heavy (non-hydrogen) atoms. The van der Waals surface area contributed by atoms with Crippen LogP contribution in [0.4, 0.5) is 16.2 Å². The number of thiophene rings is 1. The van der Waals surface area contributed by atoms with Gasteiger partial charge in [-0.3, -0.25) is 9.52 Å². The molecule has 1 aliphatic rings. The number of carbonyl (C=O) groups excluding carboxylic acids is 1. The minimum Gasteiger partial charge on any atom is -0.384 e. The first kappa shape index (κ1) is 20.8. The number of fused-ring (bicyclic) bond motifs is 2. The summed E-state index contributed by atoms with van der Waals surface area (Å²) in [5, 5.41) is 6.59. The minimum absolute atomic E-state index is 0.167. The lowest BCUT2D eigenvalue weighted by molar-refractivity contribution is 0.257. The van der Waals surface area contributed by atoms with Gasteiger partial charge < -0.3 is 10.6 Å². The number of hydrogen-bond donors (Lipinski definition) is 3. The largest absolute Gasteiger partial charge is 0.384 e. The maximum Gasteiger partial charge on any atom is 0.329 e. The molecule has 0 unspecified atom stereocenters. The van der Waals surface area contributed by atoms with E-state index in [0.717, 1.165) is 28.4 Å². The van der Waals surface area contributed by atoms with Gasteiger partial charge in [0.15, 0.2) is 0 Å². The molecule has 0 saturated heterocycles. The molecular formula is C21H17ClN6O2S2. The van der Waals surface area contributed by atoms with Crippen molar-refractivity contribution in [3.8, 4) is 5.82 Å². The molecule has 0 atom stereocenters. The smallest absolute Gasteiger partial charge is 0.329 e. The lowest BCUT2D eigenvalue weighted by Gasteiger charge is -2.12. The molecule has 4 aromatic rings. The van der Waals surface area contributed by atoms with E-state index in [9.17, 15) is 9.59 Å². The molecule has 8 nitrogen and oxygen atoms in total. The van der Waals surface area contributed by atoms with Crippen molar-refractivity contribution >= 4 is 63.2 Å². The quantitative estimate of drug-likeness (QED) is 0.366. The van der Waals surface area contributed by atoms with Crippen LogP contribution in [0.3, 0.4) is 0 Å². The monoisotopic (exact) mass is 484 g/mol. The summed E-state index contributed by atoms with van der Waals surface area (Å²) in [6, 6.07) is 10.4. The minimum atomic E-state index is -0.391. The first-order valence-electron chi connectivity index (χ1n) is 9.74. The van der Waals surface area contributed by atoms with Crippen molar-refractivity contribution in [2.75, 3.05) is 17.2 Å². The van der Waals surface area contributed by atoms with Crippen LogP contribution in [0.25, 0.3) is 16.7 Å². The third-order valence-corrected chi connectivity index (χ3v) is 7.15. The number of aromatic nitrogens is 3. The second-order valence-electron chi connectivity index (χ2n) is 7.12. The Balaban J connectivity index is 1.36. The number of nitrogens with zero attached hydrogens (tertiary/aromatic N) is 3. The first-order chi connectivity index (χ1) is 15.5. The molecular weight excluding hydrogens is 468 g/mol. The van der Waals surface area contributed by atoms with Gasteiger partial charge in [-0.2, -0.15) is 0 Å². The van der Waals surface area contributed by atoms with Crippen LogP contribution >= 0.6 is 34.9 Å². The Morgan fingerprint density at radius 1 is 1.28 bits per heavy atom. The summed E-state index contributed by atoms with van der Waals surface area (Å²) >= 11 is 8.44. The zero-order valence-corrected chi connectivity index (χ0v) is 19.2. The van der Waals surface area contributed by atoms with Crippen molar-refractivity contribution < 1.29 is 4.79 Å². The second kappa shape index (κ2) is 8.45. The van der Waals surface area contributed by atoms with Crippen molar-refractivity contribution in [1.82, 2.24) is 19.3 Å². The first-order valence-corrected chi connectivity index (χ1v) is 11.7. The maximum absolute atomic E-state index is 13.2. The average molecular weight is 485 g/mol. The SMILES string of the molecule is Cc1nc2cc3c(cc2c(=O)n1-c1ccc(NC(=O)NSc2ccc(Cl)s2)cn1)CCN3. The van der Waals surface area contributed by atoms with Gasteiger partial charge in [-0.1, -0.05) is 11.6 Å². The van der Waals surface area contributed by atoms with Gasteiger partial charge >= 0.3 is 6.03 Å². The summed E-state index contributed by atoms with van der Waals surface area (Å²) in [6.07, 6.45) is 2.39. The van der Waals surface area contributed by atoms with Crippen molar-refractivity contribution in [2.24, 2.45) is 0 Å². The molecule has 4 heterocycles. The van der Waals surface area contributed by atoms with E-state index in [2.05, 4.69) is 25.3 Å². The number of hydrogen-bond acceptors (Lipinski definition) is 7. The molecule has 0 aliphatic carbocycles. The molecule has 0 saturated carbocycles. The van der Waals surface area contributed by atoms with Gasteiger partial charge in [-0.25, -0.2) is 19.3 Å². The van der Waals surface area contributed by atoms with Crippen LogP contribution in [0.15, 0.2) is 51.6 Å². The molecule has 0 fully saturated rings. The van der Waals surface area contributed by atoms with Crippen molar-refractivity contribution in [2.45, 2.75) is 17.6 Å². The van der Waals surface area contributed by atoms with E-state index >= 15 is 0 Å². The number of amides is 2. The summed E-state index contributed by atoms with van der Waals surface area (Å²) in [5.41, 5.74) is 3.15. The Labute approximate surface area is 196 Å². The number of anilines is 2. The number of pyridine rings is 1. The molecule has 1 aromatic carbocycles. The molecule has 3 aromatic heterocycles.